The number of carbonyl (C=O) groups is 1. The molecule has 1 N–H and O–H groups in total. The number of thiazole rings is 1. The number of hydrogen-bond donors (Lipinski definition) is 1. The first-order valence-electron chi connectivity index (χ1n) is 18.0. The zero-order valence-corrected chi connectivity index (χ0v) is 31.9. The van der Waals surface area contributed by atoms with E-state index in [1.54, 1.807) is 11.8 Å². The monoisotopic (exact) mass is 724 g/mol. The molecule has 2 aromatic carbocycles. The van der Waals surface area contributed by atoms with Crippen molar-refractivity contribution < 1.29 is 14.3 Å². The third-order valence-corrected chi connectivity index (χ3v) is 11.4. The number of rotatable bonds is 24. The summed E-state index contributed by atoms with van der Waals surface area (Å²) in [5.74, 6) is 2.60. The van der Waals surface area contributed by atoms with Crippen molar-refractivity contribution in [2.75, 3.05) is 24.3 Å². The number of nitrogens with zero attached hydrogens (tertiary/aromatic N) is 5. The molecule has 4 rings (SSSR count). The van der Waals surface area contributed by atoms with Crippen molar-refractivity contribution in [3.8, 4) is 11.5 Å². The van der Waals surface area contributed by atoms with E-state index >= 15 is 0 Å². The van der Waals surface area contributed by atoms with E-state index in [0.29, 0.717) is 40.7 Å². The number of amides is 1. The highest BCUT2D eigenvalue weighted by Gasteiger charge is 2.26. The zero-order chi connectivity index (χ0) is 34.7. The maximum atomic E-state index is 14.0. The van der Waals surface area contributed by atoms with Crippen LogP contribution in [0.5, 0.6) is 11.5 Å². The van der Waals surface area contributed by atoms with Gasteiger partial charge in [-0.05, 0) is 49.4 Å². The van der Waals surface area contributed by atoms with Crippen LogP contribution in [0.1, 0.15) is 116 Å². The summed E-state index contributed by atoms with van der Waals surface area (Å²) in [5.41, 5.74) is 1.37. The van der Waals surface area contributed by atoms with E-state index in [1.807, 2.05) is 42.5 Å². The van der Waals surface area contributed by atoms with Gasteiger partial charge in [0.05, 0.1) is 29.1 Å². The molecule has 2 unspecified atom stereocenters. The summed E-state index contributed by atoms with van der Waals surface area (Å²) < 4.78 is 14.1. The molecular weight excluding hydrogens is 673 g/mol. The number of thioether (sulfide) groups is 1. The van der Waals surface area contributed by atoms with Crippen molar-refractivity contribution >= 4 is 61.4 Å². The molecule has 2 heterocycles. The van der Waals surface area contributed by atoms with E-state index in [1.165, 1.54) is 54.8 Å². The van der Waals surface area contributed by atoms with Gasteiger partial charge in [-0.1, -0.05) is 121 Å². The van der Waals surface area contributed by atoms with E-state index in [4.69, 9.17) is 14.5 Å². The van der Waals surface area contributed by atoms with Crippen molar-refractivity contribution in [3.05, 3.63) is 47.5 Å². The normalized spacial score (nSPS) is 12.8. The third kappa shape index (κ3) is 12.9. The average Bonchev–Trinajstić information content (AvgIpc) is 3.76. The number of fused-ring (bicyclic) bond motifs is 1. The van der Waals surface area contributed by atoms with Gasteiger partial charge in [0.25, 0.3) is 11.0 Å². The molecule has 0 radical (unpaired) electrons. The number of anilines is 1. The molecule has 49 heavy (non-hydrogen) atoms. The van der Waals surface area contributed by atoms with Crippen LogP contribution in [0.15, 0.2) is 57.0 Å². The fourth-order valence-corrected chi connectivity index (χ4v) is 8.11. The Morgan fingerprint density at radius 3 is 2.37 bits per heavy atom. The van der Waals surface area contributed by atoms with Crippen LogP contribution in [0.4, 0.5) is 10.8 Å². The first-order valence-corrected chi connectivity index (χ1v) is 20.6. The lowest BCUT2D eigenvalue weighted by Crippen LogP contribution is -2.20. The van der Waals surface area contributed by atoms with Gasteiger partial charge >= 0.3 is 0 Å². The van der Waals surface area contributed by atoms with Crippen molar-refractivity contribution in [1.29, 1.82) is 0 Å². The molecule has 0 saturated heterocycles. The van der Waals surface area contributed by atoms with Gasteiger partial charge in [-0.25, -0.2) is 4.98 Å². The van der Waals surface area contributed by atoms with Crippen LogP contribution in [0.2, 0.25) is 0 Å². The van der Waals surface area contributed by atoms with Crippen LogP contribution < -0.4 is 14.8 Å². The molecule has 2 aromatic heterocycles. The van der Waals surface area contributed by atoms with E-state index in [-0.39, 0.29) is 5.91 Å². The van der Waals surface area contributed by atoms with Gasteiger partial charge in [0.2, 0.25) is 6.04 Å². The predicted molar refractivity (Wildman–Crippen MR) is 205 cm³/mol. The van der Waals surface area contributed by atoms with E-state index in [9.17, 15) is 4.79 Å². The lowest BCUT2D eigenvalue weighted by atomic mass is 10.0. The number of para-hydroxylation sites is 1. The molecule has 4 aromatic rings. The first kappa shape index (κ1) is 38.7. The molecule has 0 aliphatic rings. The molecule has 266 valence electrons. The lowest BCUT2D eigenvalue weighted by molar-refractivity contribution is -0.117. The number of azo groups is 1. The smallest absolute Gasteiger partial charge is 0.258 e. The summed E-state index contributed by atoms with van der Waals surface area (Å²) in [6.07, 6.45) is 13.7. The Labute approximate surface area is 304 Å². The Bertz CT molecular complexity index is 1540. The van der Waals surface area contributed by atoms with Crippen molar-refractivity contribution in [2.24, 2.45) is 16.1 Å². The topological polar surface area (TPSA) is 111 Å². The molecule has 12 heteroatoms. The van der Waals surface area contributed by atoms with Gasteiger partial charge in [-0.2, -0.15) is 5.11 Å². The maximum Gasteiger partial charge on any atom is 0.258 e. The van der Waals surface area contributed by atoms with E-state index < -0.39 is 6.04 Å². The number of ether oxygens (including phenoxy) is 2. The Kier molecular flexibility index (Phi) is 17.3. The van der Waals surface area contributed by atoms with Crippen molar-refractivity contribution in [3.63, 3.8) is 0 Å². The minimum Gasteiger partial charge on any atom is -0.493 e. The van der Waals surface area contributed by atoms with Crippen LogP contribution in [-0.2, 0) is 4.79 Å². The summed E-state index contributed by atoms with van der Waals surface area (Å²) >= 11 is 4.54. The second kappa shape index (κ2) is 21.9. The minimum absolute atomic E-state index is 0.354. The molecule has 0 fully saturated rings. The second-order valence-corrected chi connectivity index (χ2v) is 15.5. The van der Waals surface area contributed by atoms with Crippen LogP contribution >= 0.6 is 34.4 Å². The predicted octanol–water partition coefficient (Wildman–Crippen LogP) is 11.8. The highest BCUT2D eigenvalue weighted by atomic mass is 32.2. The van der Waals surface area contributed by atoms with Gasteiger partial charge in [-0.3, -0.25) is 4.79 Å². The Morgan fingerprint density at radius 2 is 1.63 bits per heavy atom. The molecule has 0 aliphatic carbocycles. The summed E-state index contributed by atoms with van der Waals surface area (Å²) in [6.45, 7) is 10.1. The molecule has 0 saturated carbocycles. The first-order chi connectivity index (χ1) is 24.0. The van der Waals surface area contributed by atoms with Gasteiger partial charge in [0.15, 0.2) is 4.34 Å². The highest BCUT2D eigenvalue weighted by Crippen LogP contribution is 2.35. The maximum absolute atomic E-state index is 14.0. The Hall–Kier alpha value is -3.09. The van der Waals surface area contributed by atoms with Crippen LogP contribution in [0.3, 0.4) is 0 Å². The number of benzene rings is 2. The lowest BCUT2D eigenvalue weighted by Gasteiger charge is -2.16. The van der Waals surface area contributed by atoms with Gasteiger partial charge in [0.1, 0.15) is 16.5 Å². The molecule has 2 atom stereocenters. The summed E-state index contributed by atoms with van der Waals surface area (Å²) in [6, 6.07) is 12.4. The van der Waals surface area contributed by atoms with E-state index in [0.717, 1.165) is 71.0 Å². The Morgan fingerprint density at radius 1 is 0.878 bits per heavy atom. The number of carbonyl (C=O) groups excluding carboxylic acids is 1. The molecular formula is C37H52N6O3S3. The molecule has 0 spiro atoms. The van der Waals surface area contributed by atoms with E-state index in [2.05, 4.69) is 53.4 Å². The van der Waals surface area contributed by atoms with Crippen LogP contribution in [-0.4, -0.2) is 40.1 Å². The summed E-state index contributed by atoms with van der Waals surface area (Å²) in [5, 5.41) is 21.6. The highest BCUT2D eigenvalue weighted by molar-refractivity contribution is 8.01. The number of hydrogen-bond acceptors (Lipinski definition) is 11. The fraction of sp³-hybridized carbons (Fsp3) is 0.568. The Balaban J connectivity index is 1.52. The van der Waals surface area contributed by atoms with Crippen LogP contribution in [0, 0.1) is 5.92 Å². The van der Waals surface area contributed by atoms with Crippen LogP contribution in [0.25, 0.3) is 10.2 Å². The number of nitrogens with one attached hydrogen (secondary N) is 1. The quantitative estimate of drug-likeness (QED) is 0.0435. The fourth-order valence-electron chi connectivity index (χ4n) is 5.16. The van der Waals surface area contributed by atoms with Crippen molar-refractivity contribution in [2.45, 2.75) is 115 Å². The molecule has 0 bridgehead atoms. The standard InChI is InChI=1S/C37H52N6O3S3/c1-5-9-12-16-23-45-28-21-22-29(31(25-28)46-24-17-13-10-6-2)38-34(44)33(35-39-30-19-14-15-20-32(30)48-35)40-41-36-42-43-37(49-36)47-26-27(8-4)18-11-7-3/h14-15,19-22,25,27,33H,5-13,16-18,23-24,26H2,1-4H3,(H,38,44). The summed E-state index contributed by atoms with van der Waals surface area (Å²) in [4.78, 5) is 18.8. The van der Waals surface area contributed by atoms with Crippen molar-refractivity contribution in [1.82, 2.24) is 15.2 Å². The van der Waals surface area contributed by atoms with Gasteiger partial charge in [-0.15, -0.1) is 26.6 Å². The number of aromatic nitrogens is 3. The van der Waals surface area contributed by atoms with Gasteiger partial charge < -0.3 is 14.8 Å². The zero-order valence-electron chi connectivity index (χ0n) is 29.5. The van der Waals surface area contributed by atoms with Gasteiger partial charge in [0, 0.05) is 11.8 Å². The minimum atomic E-state index is -0.984. The average molecular weight is 725 g/mol. The molecule has 1 amide bonds. The second-order valence-electron chi connectivity index (χ2n) is 12.2. The number of unbranched alkanes of at least 4 members (excludes halogenated alkanes) is 7. The molecule has 9 nitrogen and oxygen atoms in total. The third-order valence-electron chi connectivity index (χ3n) is 8.17. The largest absolute Gasteiger partial charge is 0.493 e. The molecule has 0 aliphatic heterocycles. The summed E-state index contributed by atoms with van der Waals surface area (Å²) in [7, 11) is 0. The SMILES string of the molecule is CCCCCCOc1ccc(NC(=O)C(N=Nc2nnc(SCC(CC)CCCC)s2)c2nc3ccccc3s2)c(OCCCCCC)c1.